The fraction of sp³-hybridized carbons (Fsp3) is 0.412. The van der Waals surface area contributed by atoms with Gasteiger partial charge < -0.3 is 48.6 Å². The number of nitrogens with one attached hydrogen (secondary N) is 1. The fourth-order valence-electron chi connectivity index (χ4n) is 5.60. The number of carbonyl (C=O) groups excluding carboxylic acids is 3. The van der Waals surface area contributed by atoms with Gasteiger partial charge in [0.15, 0.2) is 0 Å². The zero-order chi connectivity index (χ0) is 41.0. The number of H-pyrrole nitrogens is 1. The maximum atomic E-state index is 13.8. The largest absolute Gasteiger partial charge is 0.497 e. The number of alkyl halides is 6. The van der Waals surface area contributed by atoms with E-state index < -0.39 is 83.2 Å². The van der Waals surface area contributed by atoms with Crippen LogP contribution in [0.3, 0.4) is 0 Å². The Morgan fingerprint density at radius 3 is 1.59 bits per heavy atom. The van der Waals surface area contributed by atoms with E-state index >= 15 is 0 Å². The SMILES string of the molecule is CCOC(=O)C(O)(c1c(C(=O)O)n(CC)c2ccc(OC)cc12)C(F)(F)F.CCOC(=O)c1[nH]c2ccc(OC)cc2c1C(O)(C(=O)OCC)C(F)(F)F. The number of halogens is 6. The number of aromatic amines is 1. The van der Waals surface area contributed by atoms with Crippen molar-refractivity contribution in [2.24, 2.45) is 0 Å². The minimum absolute atomic E-state index is 0.0127. The Morgan fingerprint density at radius 2 is 1.17 bits per heavy atom. The maximum absolute atomic E-state index is 13.8. The van der Waals surface area contributed by atoms with E-state index in [1.165, 1.54) is 72.2 Å². The number of aromatic carboxylic acids is 1. The van der Waals surface area contributed by atoms with Crippen molar-refractivity contribution in [2.45, 2.75) is 57.8 Å². The Morgan fingerprint density at radius 1 is 0.704 bits per heavy atom. The number of aromatic nitrogens is 2. The number of hydrogen-bond acceptors (Lipinski definition) is 11. The highest BCUT2D eigenvalue weighted by Crippen LogP contribution is 2.47. The summed E-state index contributed by atoms with van der Waals surface area (Å²) in [6.07, 6.45) is -11.0. The molecular weight excluding hydrogens is 742 g/mol. The zero-order valence-electron chi connectivity index (χ0n) is 29.5. The van der Waals surface area contributed by atoms with Gasteiger partial charge in [-0.05, 0) is 64.1 Å². The predicted molar refractivity (Wildman–Crippen MR) is 175 cm³/mol. The molecule has 0 saturated carbocycles. The van der Waals surface area contributed by atoms with Crippen molar-refractivity contribution < 1.29 is 84.5 Å². The lowest BCUT2D eigenvalue weighted by molar-refractivity contribution is -0.268. The number of carboxylic acid groups (broad SMARTS) is 1. The summed E-state index contributed by atoms with van der Waals surface area (Å²) in [6, 6.07) is 7.88. The topological polar surface area (TPSA) is 196 Å². The minimum atomic E-state index is -5.53. The van der Waals surface area contributed by atoms with E-state index in [1.807, 2.05) is 0 Å². The molecule has 2 atom stereocenters. The summed E-state index contributed by atoms with van der Waals surface area (Å²) in [7, 11) is 2.57. The van der Waals surface area contributed by atoms with Gasteiger partial charge in [-0.3, -0.25) is 0 Å². The van der Waals surface area contributed by atoms with E-state index in [4.69, 9.17) is 14.2 Å². The standard InChI is InChI=1S/2C17H18F3NO6/c1-4-26-14(22)13-12(10-8-9(25-3)6-7-11(10)21-13)16(24,17(18,19)20)15(23)27-5-2;1-4-21-11-7-6-9(26-3)8-10(11)12(13(21)14(22)23)16(25,17(18,19)20)15(24)27-5-2/h6-8,21,24H,4-5H2,1-3H3;6-8,25H,4-5H2,1-3H3,(H,22,23). The first kappa shape index (κ1) is 42.9. The molecule has 2 heterocycles. The summed E-state index contributed by atoms with van der Waals surface area (Å²) in [5.41, 5.74) is -11.7. The van der Waals surface area contributed by atoms with E-state index in [0.717, 1.165) is 10.6 Å². The summed E-state index contributed by atoms with van der Waals surface area (Å²) >= 11 is 0. The molecule has 0 aliphatic heterocycles. The molecule has 0 amide bonds. The van der Waals surface area contributed by atoms with Crippen LogP contribution in [0.5, 0.6) is 11.5 Å². The van der Waals surface area contributed by atoms with Crippen molar-refractivity contribution in [3.8, 4) is 11.5 Å². The van der Waals surface area contributed by atoms with Gasteiger partial charge in [0.1, 0.15) is 22.9 Å². The number of methoxy groups -OCH3 is 2. The quantitative estimate of drug-likeness (QED) is 0.0820. The summed E-state index contributed by atoms with van der Waals surface area (Å²) < 4.78 is 108. The van der Waals surface area contributed by atoms with Crippen LogP contribution in [0, 0.1) is 0 Å². The second kappa shape index (κ2) is 16.3. The monoisotopic (exact) mass is 778 g/mol. The Kier molecular flexibility index (Phi) is 12.9. The molecule has 2 aromatic carbocycles. The maximum Gasteiger partial charge on any atom is 0.432 e. The van der Waals surface area contributed by atoms with Crippen LogP contribution in [0.1, 0.15) is 59.8 Å². The number of nitrogens with zero attached hydrogens (tertiary/aromatic N) is 1. The van der Waals surface area contributed by atoms with Crippen molar-refractivity contribution in [3.63, 3.8) is 0 Å². The number of carbonyl (C=O) groups is 4. The van der Waals surface area contributed by atoms with Crippen LogP contribution < -0.4 is 9.47 Å². The van der Waals surface area contributed by atoms with Gasteiger partial charge in [-0.1, -0.05) is 0 Å². The molecule has 4 aromatic rings. The molecule has 4 N–H and O–H groups in total. The van der Waals surface area contributed by atoms with Crippen LogP contribution >= 0.6 is 0 Å². The normalized spacial score (nSPS) is 14.0. The number of rotatable bonds is 12. The molecule has 0 aliphatic rings. The van der Waals surface area contributed by atoms with Gasteiger partial charge in [-0.2, -0.15) is 26.3 Å². The molecule has 2 unspecified atom stereocenters. The third kappa shape index (κ3) is 7.47. The van der Waals surface area contributed by atoms with Gasteiger partial charge in [0.25, 0.3) is 11.2 Å². The molecule has 20 heteroatoms. The predicted octanol–water partition coefficient (Wildman–Crippen LogP) is 5.35. The highest BCUT2D eigenvalue weighted by molar-refractivity contribution is 6.04. The van der Waals surface area contributed by atoms with Crippen molar-refractivity contribution in [1.82, 2.24) is 9.55 Å². The molecule has 0 aliphatic carbocycles. The van der Waals surface area contributed by atoms with E-state index in [-0.39, 0.29) is 46.5 Å². The smallest absolute Gasteiger partial charge is 0.432 e. The molecule has 0 spiro atoms. The van der Waals surface area contributed by atoms with E-state index in [1.54, 1.807) is 0 Å². The number of carboxylic acids is 1. The van der Waals surface area contributed by atoms with E-state index in [9.17, 15) is 60.8 Å². The lowest BCUT2D eigenvalue weighted by atomic mass is 9.90. The van der Waals surface area contributed by atoms with Gasteiger partial charge in [0, 0.05) is 39.5 Å². The second-order valence-electron chi connectivity index (χ2n) is 11.0. The Balaban J connectivity index is 0.000000290. The average Bonchev–Trinajstić information content (AvgIpc) is 3.66. The van der Waals surface area contributed by atoms with Crippen LogP contribution in [0.4, 0.5) is 26.3 Å². The fourth-order valence-corrected chi connectivity index (χ4v) is 5.60. The van der Waals surface area contributed by atoms with Crippen LogP contribution in [0.25, 0.3) is 21.8 Å². The number of aliphatic hydroxyl groups is 2. The number of aryl methyl sites for hydroxylation is 1. The molecule has 4 rings (SSSR count). The van der Waals surface area contributed by atoms with Crippen LogP contribution in [-0.4, -0.2) is 95.1 Å². The average molecular weight is 779 g/mol. The van der Waals surface area contributed by atoms with Crippen molar-refractivity contribution in [2.75, 3.05) is 34.0 Å². The number of hydrogen-bond donors (Lipinski definition) is 4. The van der Waals surface area contributed by atoms with Gasteiger partial charge in [0.05, 0.1) is 34.0 Å². The first-order valence-corrected chi connectivity index (χ1v) is 15.9. The van der Waals surface area contributed by atoms with Gasteiger partial charge >= 0.3 is 36.2 Å². The van der Waals surface area contributed by atoms with Crippen LogP contribution in [-0.2, 0) is 41.5 Å². The molecule has 0 saturated heterocycles. The molecule has 0 bridgehead atoms. The number of esters is 3. The molecule has 0 fully saturated rings. The van der Waals surface area contributed by atoms with Crippen molar-refractivity contribution in [3.05, 3.63) is 58.9 Å². The molecule has 14 nitrogen and oxygen atoms in total. The Hall–Kier alpha value is -5.50. The summed E-state index contributed by atoms with van der Waals surface area (Å²) in [6.45, 7) is 4.57. The highest BCUT2D eigenvalue weighted by Gasteiger charge is 2.66. The highest BCUT2D eigenvalue weighted by atomic mass is 19.4. The van der Waals surface area contributed by atoms with Gasteiger partial charge in [-0.15, -0.1) is 0 Å². The number of fused-ring (bicyclic) bond motifs is 2. The Labute approximate surface area is 302 Å². The summed E-state index contributed by atoms with van der Waals surface area (Å²) in [5.74, 6) is -6.55. The Bertz CT molecular complexity index is 2040. The van der Waals surface area contributed by atoms with E-state index in [0.29, 0.717) is 0 Å². The number of ether oxygens (including phenoxy) is 5. The third-order valence-corrected chi connectivity index (χ3v) is 7.96. The summed E-state index contributed by atoms with van der Waals surface area (Å²) in [5, 5.41) is 30.1. The lowest BCUT2D eigenvalue weighted by Gasteiger charge is -2.28. The van der Waals surface area contributed by atoms with Crippen LogP contribution in [0.15, 0.2) is 36.4 Å². The minimum Gasteiger partial charge on any atom is -0.497 e. The van der Waals surface area contributed by atoms with Crippen molar-refractivity contribution >= 4 is 45.7 Å². The van der Waals surface area contributed by atoms with Gasteiger partial charge in [0.2, 0.25) is 0 Å². The molecule has 54 heavy (non-hydrogen) atoms. The van der Waals surface area contributed by atoms with Crippen molar-refractivity contribution in [1.29, 1.82) is 0 Å². The molecular formula is C34H36F6N2O12. The lowest BCUT2D eigenvalue weighted by Crippen LogP contribution is -2.51. The molecule has 296 valence electrons. The first-order chi connectivity index (χ1) is 25.1. The molecule has 2 aromatic heterocycles. The molecule has 0 radical (unpaired) electrons. The second-order valence-corrected chi connectivity index (χ2v) is 11.0. The zero-order valence-corrected chi connectivity index (χ0v) is 29.5. The summed E-state index contributed by atoms with van der Waals surface area (Å²) in [4.78, 5) is 50.8. The first-order valence-electron chi connectivity index (χ1n) is 15.9. The van der Waals surface area contributed by atoms with Crippen LogP contribution in [0.2, 0.25) is 0 Å². The van der Waals surface area contributed by atoms with E-state index in [2.05, 4.69) is 14.5 Å². The third-order valence-electron chi connectivity index (χ3n) is 7.96. The number of benzene rings is 2. The van der Waals surface area contributed by atoms with Gasteiger partial charge in [-0.25, -0.2) is 19.2 Å².